The van der Waals surface area contributed by atoms with Crippen LogP contribution in [0.25, 0.3) is 0 Å². The Hall–Kier alpha value is -4.52. The zero-order chi connectivity index (χ0) is 28.3. The minimum Gasteiger partial charge on any atom is -0.505 e. The molecule has 0 spiro atoms. The molecule has 0 aliphatic rings. The summed E-state index contributed by atoms with van der Waals surface area (Å²) in [5, 5.41) is 37.2. The number of hydrogen-bond donors (Lipinski definition) is 1. The number of phenols is 1. The molecule has 0 radical (unpaired) electrons. The molecule has 7 heteroatoms. The van der Waals surface area contributed by atoms with Crippen LogP contribution in [0, 0.1) is 55.4 Å². The van der Waals surface area contributed by atoms with Crippen molar-refractivity contribution in [1.82, 2.24) is 0 Å². The molecule has 0 fully saturated rings. The van der Waals surface area contributed by atoms with Crippen LogP contribution < -0.4 is 0 Å². The lowest BCUT2D eigenvalue weighted by atomic mass is 10.1. The van der Waals surface area contributed by atoms with Crippen molar-refractivity contribution in [2.45, 2.75) is 55.4 Å². The molecule has 0 aromatic heterocycles. The van der Waals surface area contributed by atoms with Gasteiger partial charge in [0.15, 0.2) is 0 Å². The highest BCUT2D eigenvalue weighted by molar-refractivity contribution is 5.62. The standard InChI is InChI=1S/C32H34N6O/c1-18-12-25(8)32(39)30(13-18)37-35-29-17-28(21(4)14-22(29)5)34-33-26-15-24(7)27(16-23(26)6)36-38-31-19(2)10-9-11-20(31)3/h9-17,39H,1-8H3. The Balaban J connectivity index is 1.61. The molecule has 0 saturated carbocycles. The number of phenolic OH excluding ortho intramolecular Hbond substituents is 1. The Morgan fingerprint density at radius 3 is 1.38 bits per heavy atom. The van der Waals surface area contributed by atoms with Gasteiger partial charge >= 0.3 is 0 Å². The fourth-order valence-electron chi connectivity index (χ4n) is 4.34. The molecule has 0 aliphatic heterocycles. The van der Waals surface area contributed by atoms with E-state index >= 15 is 0 Å². The van der Waals surface area contributed by atoms with Crippen LogP contribution in [0.3, 0.4) is 0 Å². The predicted octanol–water partition coefficient (Wildman–Crippen LogP) is 11.1. The average molecular weight is 519 g/mol. The molecule has 4 aromatic rings. The molecule has 0 aliphatic carbocycles. The van der Waals surface area contributed by atoms with Gasteiger partial charge in [0, 0.05) is 0 Å². The molecule has 0 bridgehead atoms. The van der Waals surface area contributed by atoms with Crippen LogP contribution in [-0.4, -0.2) is 5.11 Å². The molecule has 0 saturated heterocycles. The van der Waals surface area contributed by atoms with Gasteiger partial charge in [0.25, 0.3) is 0 Å². The summed E-state index contributed by atoms with van der Waals surface area (Å²) in [7, 11) is 0. The topological polar surface area (TPSA) is 94.4 Å². The van der Waals surface area contributed by atoms with E-state index in [1.807, 2.05) is 110 Å². The lowest BCUT2D eigenvalue weighted by Crippen LogP contribution is -1.82. The second-order valence-corrected chi connectivity index (χ2v) is 10.1. The third kappa shape index (κ3) is 6.32. The fraction of sp³-hybridized carbons (Fsp3) is 0.250. The lowest BCUT2D eigenvalue weighted by molar-refractivity contribution is 0.472. The van der Waals surface area contributed by atoms with Crippen molar-refractivity contribution in [1.29, 1.82) is 0 Å². The number of aryl methyl sites for hydroxylation is 8. The monoisotopic (exact) mass is 518 g/mol. The van der Waals surface area contributed by atoms with E-state index in [2.05, 4.69) is 30.7 Å². The first-order chi connectivity index (χ1) is 18.5. The number of benzene rings is 4. The van der Waals surface area contributed by atoms with Gasteiger partial charge in [-0.3, -0.25) is 0 Å². The van der Waals surface area contributed by atoms with E-state index in [-0.39, 0.29) is 5.75 Å². The minimum absolute atomic E-state index is 0.136. The van der Waals surface area contributed by atoms with Crippen molar-refractivity contribution in [3.63, 3.8) is 0 Å². The second-order valence-electron chi connectivity index (χ2n) is 10.1. The maximum absolute atomic E-state index is 10.4. The summed E-state index contributed by atoms with van der Waals surface area (Å²) in [4.78, 5) is 0. The Kier molecular flexibility index (Phi) is 8.10. The van der Waals surface area contributed by atoms with Gasteiger partial charge in [-0.1, -0.05) is 30.3 Å². The summed E-state index contributed by atoms with van der Waals surface area (Å²) < 4.78 is 0. The fourth-order valence-corrected chi connectivity index (χ4v) is 4.34. The molecule has 1 N–H and O–H groups in total. The third-order valence-corrected chi connectivity index (χ3v) is 6.68. The molecule has 0 unspecified atom stereocenters. The normalized spacial score (nSPS) is 11.9. The summed E-state index contributed by atoms with van der Waals surface area (Å²) in [6, 6.07) is 17.7. The summed E-state index contributed by atoms with van der Waals surface area (Å²) in [5.41, 5.74) is 12.1. The summed E-state index contributed by atoms with van der Waals surface area (Å²) in [6.45, 7) is 15.8. The molecule has 0 heterocycles. The lowest BCUT2D eigenvalue weighted by Gasteiger charge is -2.07. The Morgan fingerprint density at radius 2 is 0.846 bits per heavy atom. The van der Waals surface area contributed by atoms with Crippen molar-refractivity contribution < 1.29 is 5.11 Å². The Morgan fingerprint density at radius 1 is 0.410 bits per heavy atom. The van der Waals surface area contributed by atoms with Crippen molar-refractivity contribution in [2.75, 3.05) is 0 Å². The van der Waals surface area contributed by atoms with Crippen LogP contribution in [0.1, 0.15) is 44.5 Å². The smallest absolute Gasteiger partial charge is 0.146 e. The van der Waals surface area contributed by atoms with Crippen LogP contribution in [0.2, 0.25) is 0 Å². The van der Waals surface area contributed by atoms with Crippen LogP contribution in [0.5, 0.6) is 5.75 Å². The van der Waals surface area contributed by atoms with Gasteiger partial charge in [-0.2, -0.15) is 25.6 Å². The average Bonchev–Trinajstić information content (AvgIpc) is 2.87. The van der Waals surface area contributed by atoms with Gasteiger partial charge in [-0.25, -0.2) is 0 Å². The minimum atomic E-state index is 0.136. The van der Waals surface area contributed by atoms with E-state index < -0.39 is 0 Å². The van der Waals surface area contributed by atoms with Crippen LogP contribution in [0.15, 0.2) is 85.3 Å². The predicted molar refractivity (Wildman–Crippen MR) is 158 cm³/mol. The number of nitrogens with zero attached hydrogens (tertiary/aromatic N) is 6. The number of hydrogen-bond acceptors (Lipinski definition) is 7. The van der Waals surface area contributed by atoms with E-state index in [1.54, 1.807) is 0 Å². The Bertz CT molecular complexity index is 1630. The van der Waals surface area contributed by atoms with Gasteiger partial charge in [0.05, 0.1) is 28.4 Å². The molecule has 4 rings (SSSR count). The van der Waals surface area contributed by atoms with E-state index in [0.29, 0.717) is 17.1 Å². The zero-order valence-electron chi connectivity index (χ0n) is 23.8. The van der Waals surface area contributed by atoms with Crippen molar-refractivity contribution in [2.24, 2.45) is 30.7 Å². The van der Waals surface area contributed by atoms with Crippen LogP contribution >= 0.6 is 0 Å². The Labute approximate surface area is 230 Å². The first-order valence-corrected chi connectivity index (χ1v) is 12.9. The highest BCUT2D eigenvalue weighted by atomic mass is 16.3. The second kappa shape index (κ2) is 11.5. The summed E-state index contributed by atoms with van der Waals surface area (Å²) in [5.74, 6) is 0.136. The summed E-state index contributed by atoms with van der Waals surface area (Å²) in [6.07, 6.45) is 0. The maximum Gasteiger partial charge on any atom is 0.146 e. The first-order valence-electron chi connectivity index (χ1n) is 12.9. The number of aromatic hydroxyl groups is 1. The van der Waals surface area contributed by atoms with E-state index in [4.69, 9.17) is 0 Å². The third-order valence-electron chi connectivity index (χ3n) is 6.68. The van der Waals surface area contributed by atoms with Gasteiger partial charge in [-0.15, -0.1) is 5.11 Å². The number of azo groups is 3. The molecular weight excluding hydrogens is 484 g/mol. The molecular formula is C32H34N6O. The largest absolute Gasteiger partial charge is 0.505 e. The molecule has 0 atom stereocenters. The van der Waals surface area contributed by atoms with Crippen LogP contribution in [-0.2, 0) is 0 Å². The van der Waals surface area contributed by atoms with Gasteiger partial charge < -0.3 is 5.11 Å². The van der Waals surface area contributed by atoms with Gasteiger partial charge in [-0.05, 0) is 124 Å². The van der Waals surface area contributed by atoms with E-state index in [9.17, 15) is 5.11 Å². The number of rotatable bonds is 6. The molecule has 198 valence electrons. The highest BCUT2D eigenvalue weighted by Gasteiger charge is 2.09. The summed E-state index contributed by atoms with van der Waals surface area (Å²) >= 11 is 0. The quantitative estimate of drug-likeness (QED) is 0.252. The first kappa shape index (κ1) is 27.5. The van der Waals surface area contributed by atoms with Crippen molar-refractivity contribution in [3.05, 3.63) is 99.1 Å². The SMILES string of the molecule is Cc1cc(C)c(O)c(N=Nc2cc(N=Nc3cc(C)c(N=Nc4c(C)cccc4C)cc3C)c(C)cc2C)c1. The zero-order valence-corrected chi connectivity index (χ0v) is 23.8. The molecule has 0 amide bonds. The molecule has 4 aromatic carbocycles. The van der Waals surface area contributed by atoms with Crippen molar-refractivity contribution >= 4 is 34.1 Å². The highest BCUT2D eigenvalue weighted by Crippen LogP contribution is 2.36. The van der Waals surface area contributed by atoms with Crippen LogP contribution in [0.4, 0.5) is 34.1 Å². The maximum atomic E-state index is 10.4. The molecule has 39 heavy (non-hydrogen) atoms. The van der Waals surface area contributed by atoms with Crippen molar-refractivity contribution in [3.8, 4) is 5.75 Å². The van der Waals surface area contributed by atoms with Gasteiger partial charge in [0.1, 0.15) is 11.4 Å². The van der Waals surface area contributed by atoms with E-state index in [0.717, 1.165) is 61.6 Å². The molecule has 7 nitrogen and oxygen atoms in total. The van der Waals surface area contributed by atoms with E-state index in [1.165, 1.54) is 0 Å². The van der Waals surface area contributed by atoms with Gasteiger partial charge in [0.2, 0.25) is 0 Å².